The van der Waals surface area contributed by atoms with Crippen molar-refractivity contribution in [2.45, 2.75) is 51.9 Å². The predicted octanol–water partition coefficient (Wildman–Crippen LogP) is 3.68. The molecule has 118 valence electrons. The van der Waals surface area contributed by atoms with E-state index >= 15 is 0 Å². The highest BCUT2D eigenvalue weighted by Gasteiger charge is 2.32. The quantitative estimate of drug-likeness (QED) is 0.842. The second kappa shape index (κ2) is 6.99. The van der Waals surface area contributed by atoms with Crippen LogP contribution in [0.1, 0.15) is 39.2 Å². The topological polar surface area (TPSA) is 47.9 Å². The van der Waals surface area contributed by atoms with Gasteiger partial charge < -0.3 is 19.3 Å². The number of hydrogen-bond acceptors (Lipinski definition) is 4. The van der Waals surface area contributed by atoms with Crippen LogP contribution in [0.15, 0.2) is 16.6 Å². The fourth-order valence-electron chi connectivity index (χ4n) is 2.49. The van der Waals surface area contributed by atoms with Gasteiger partial charge in [0.1, 0.15) is 6.61 Å². The van der Waals surface area contributed by atoms with Crippen molar-refractivity contribution in [1.29, 1.82) is 0 Å². The van der Waals surface area contributed by atoms with Gasteiger partial charge in [-0.25, -0.2) is 0 Å². The molecule has 0 aliphatic carbocycles. The molecule has 0 bridgehead atoms. The smallest absolute Gasteiger partial charge is 0.175 e. The van der Waals surface area contributed by atoms with Gasteiger partial charge in [0, 0.05) is 0 Å². The number of aliphatic hydroxyl groups excluding tert-OH is 1. The fraction of sp³-hybridized carbons (Fsp3) is 0.625. The lowest BCUT2D eigenvalue weighted by atomic mass is 10.1. The molecule has 1 aliphatic rings. The normalized spacial score (nSPS) is 20.5. The monoisotopic (exact) mass is 358 g/mol. The van der Waals surface area contributed by atoms with Gasteiger partial charge in [-0.3, -0.25) is 0 Å². The molecule has 0 spiro atoms. The van der Waals surface area contributed by atoms with Crippen LogP contribution in [0.3, 0.4) is 0 Å². The summed E-state index contributed by atoms with van der Waals surface area (Å²) < 4.78 is 18.2. The van der Waals surface area contributed by atoms with Crippen molar-refractivity contribution in [3.05, 3.63) is 22.2 Å². The molecule has 1 aliphatic heterocycles. The summed E-state index contributed by atoms with van der Waals surface area (Å²) in [6.45, 7) is 7.14. The zero-order valence-electron chi connectivity index (χ0n) is 12.8. The van der Waals surface area contributed by atoms with Gasteiger partial charge in [0.15, 0.2) is 11.5 Å². The summed E-state index contributed by atoms with van der Waals surface area (Å²) in [7, 11) is 0. The molecule has 1 saturated heterocycles. The Morgan fingerprint density at radius 2 is 2.14 bits per heavy atom. The van der Waals surface area contributed by atoms with Gasteiger partial charge in [0.25, 0.3) is 0 Å². The second-order valence-electron chi connectivity index (χ2n) is 5.85. The van der Waals surface area contributed by atoms with Crippen molar-refractivity contribution in [2.24, 2.45) is 0 Å². The number of aliphatic hydroxyl groups is 1. The maximum absolute atomic E-state index is 9.27. The maximum Gasteiger partial charge on any atom is 0.175 e. The average molecular weight is 359 g/mol. The summed E-state index contributed by atoms with van der Waals surface area (Å²) in [5.74, 6) is 1.32. The Balaban J connectivity index is 2.08. The highest BCUT2D eigenvalue weighted by Crippen LogP contribution is 2.38. The van der Waals surface area contributed by atoms with Crippen LogP contribution >= 0.6 is 15.9 Å². The lowest BCUT2D eigenvalue weighted by Crippen LogP contribution is -2.24. The van der Waals surface area contributed by atoms with Gasteiger partial charge in [0.2, 0.25) is 0 Å². The molecule has 1 aromatic carbocycles. The lowest BCUT2D eigenvalue weighted by molar-refractivity contribution is -0.0330. The molecule has 1 heterocycles. The van der Waals surface area contributed by atoms with Gasteiger partial charge >= 0.3 is 0 Å². The van der Waals surface area contributed by atoms with E-state index in [4.69, 9.17) is 14.2 Å². The summed E-state index contributed by atoms with van der Waals surface area (Å²) in [6.07, 6.45) is 2.16. The first-order valence-electron chi connectivity index (χ1n) is 7.32. The molecule has 2 rings (SSSR count). The predicted molar refractivity (Wildman–Crippen MR) is 84.9 cm³/mol. The van der Waals surface area contributed by atoms with Crippen molar-refractivity contribution in [3.63, 3.8) is 0 Å². The third-order valence-corrected chi connectivity index (χ3v) is 4.11. The Morgan fingerprint density at radius 1 is 1.38 bits per heavy atom. The first-order chi connectivity index (χ1) is 9.95. The van der Waals surface area contributed by atoms with Crippen LogP contribution in [0.2, 0.25) is 0 Å². The van der Waals surface area contributed by atoms with E-state index in [1.54, 1.807) is 0 Å². The molecule has 0 aromatic heterocycles. The van der Waals surface area contributed by atoms with E-state index in [1.165, 1.54) is 0 Å². The molecule has 0 radical (unpaired) electrons. The third-order valence-electron chi connectivity index (χ3n) is 3.52. The van der Waals surface area contributed by atoms with Crippen LogP contribution in [0.25, 0.3) is 0 Å². The van der Waals surface area contributed by atoms with Crippen LogP contribution in [0, 0.1) is 0 Å². The molecule has 21 heavy (non-hydrogen) atoms. The minimum atomic E-state index is -0.0608. The molecular formula is C16H23BrO4. The van der Waals surface area contributed by atoms with Crippen molar-refractivity contribution < 1.29 is 19.3 Å². The van der Waals surface area contributed by atoms with Crippen LogP contribution in [0.5, 0.6) is 11.5 Å². The highest BCUT2D eigenvalue weighted by atomic mass is 79.9. The second-order valence-corrected chi connectivity index (χ2v) is 6.70. The highest BCUT2D eigenvalue weighted by molar-refractivity contribution is 9.10. The van der Waals surface area contributed by atoms with Gasteiger partial charge in [-0.05, 0) is 67.2 Å². The molecule has 1 unspecified atom stereocenters. The average Bonchev–Trinajstić information content (AvgIpc) is 2.77. The lowest BCUT2D eigenvalue weighted by Gasteiger charge is -2.20. The van der Waals surface area contributed by atoms with Gasteiger partial charge in [-0.15, -0.1) is 0 Å². The van der Waals surface area contributed by atoms with Gasteiger partial charge in [-0.1, -0.05) is 0 Å². The Morgan fingerprint density at radius 3 is 2.71 bits per heavy atom. The Hall–Kier alpha value is -0.780. The van der Waals surface area contributed by atoms with Crippen LogP contribution < -0.4 is 9.47 Å². The number of ether oxygens (including phenoxy) is 3. The van der Waals surface area contributed by atoms with Crippen molar-refractivity contribution in [3.8, 4) is 11.5 Å². The van der Waals surface area contributed by atoms with E-state index in [1.807, 2.05) is 19.1 Å². The van der Waals surface area contributed by atoms with E-state index in [9.17, 15) is 5.11 Å². The number of halogens is 1. The number of rotatable bonds is 6. The molecule has 1 aromatic rings. The summed E-state index contributed by atoms with van der Waals surface area (Å²) >= 11 is 3.48. The van der Waals surface area contributed by atoms with Crippen LogP contribution in [-0.2, 0) is 11.3 Å². The number of hydrogen-bond donors (Lipinski definition) is 1. The Bertz CT molecular complexity index is 487. The van der Waals surface area contributed by atoms with Crippen molar-refractivity contribution in [2.75, 3.05) is 13.2 Å². The van der Waals surface area contributed by atoms with Crippen LogP contribution in [-0.4, -0.2) is 30.0 Å². The fourth-order valence-corrected chi connectivity index (χ4v) is 3.09. The van der Waals surface area contributed by atoms with Gasteiger partial charge in [0.05, 0.1) is 29.4 Å². The Labute approximate surface area is 134 Å². The first kappa shape index (κ1) is 16.6. The summed E-state index contributed by atoms with van der Waals surface area (Å²) in [5.41, 5.74) is 0.727. The molecule has 4 nitrogen and oxygen atoms in total. The molecule has 1 atom stereocenters. The molecule has 1 N–H and O–H groups in total. The van der Waals surface area contributed by atoms with E-state index in [-0.39, 0.29) is 18.3 Å². The van der Waals surface area contributed by atoms with E-state index in [2.05, 4.69) is 29.8 Å². The number of benzene rings is 1. The molecule has 0 saturated carbocycles. The van der Waals surface area contributed by atoms with Crippen molar-refractivity contribution in [1.82, 2.24) is 0 Å². The SMILES string of the molecule is CCOc1cc(CO)cc(Br)c1OCC1CCC(C)(C)O1. The first-order valence-corrected chi connectivity index (χ1v) is 8.11. The minimum Gasteiger partial charge on any atom is -0.490 e. The molecule has 5 heteroatoms. The minimum absolute atomic E-state index is 0.0289. The zero-order valence-corrected chi connectivity index (χ0v) is 14.4. The Kier molecular flexibility index (Phi) is 5.52. The van der Waals surface area contributed by atoms with Gasteiger partial charge in [-0.2, -0.15) is 0 Å². The van der Waals surface area contributed by atoms with E-state index in [0.29, 0.717) is 24.7 Å². The summed E-state index contributed by atoms with van der Waals surface area (Å²) in [4.78, 5) is 0. The standard InChI is InChI=1S/C16H23BrO4/c1-4-19-14-8-11(9-18)7-13(17)15(14)20-10-12-5-6-16(2,3)21-12/h7-8,12,18H,4-6,9-10H2,1-3H3. The summed E-state index contributed by atoms with van der Waals surface area (Å²) in [6, 6.07) is 3.65. The van der Waals surface area contributed by atoms with E-state index < -0.39 is 0 Å². The summed E-state index contributed by atoms with van der Waals surface area (Å²) in [5, 5.41) is 9.27. The molecule has 0 amide bonds. The zero-order chi connectivity index (χ0) is 15.5. The van der Waals surface area contributed by atoms with Crippen molar-refractivity contribution >= 4 is 15.9 Å². The third kappa shape index (κ3) is 4.34. The largest absolute Gasteiger partial charge is 0.490 e. The maximum atomic E-state index is 9.27. The molecular weight excluding hydrogens is 336 g/mol. The van der Waals surface area contributed by atoms with Crippen LogP contribution in [0.4, 0.5) is 0 Å². The molecule has 1 fully saturated rings. The van der Waals surface area contributed by atoms with E-state index in [0.717, 1.165) is 22.9 Å².